The van der Waals surface area contributed by atoms with Crippen LogP contribution in [0.4, 0.5) is 13.2 Å². The molecule has 0 N–H and O–H groups in total. The first-order valence-corrected chi connectivity index (χ1v) is 9.20. The second-order valence-electron chi connectivity index (χ2n) is 6.47. The molecule has 5 heteroatoms. The number of methoxy groups -OCH3 is 2. The van der Waals surface area contributed by atoms with Crippen molar-refractivity contribution in [3.63, 3.8) is 0 Å². The van der Waals surface area contributed by atoms with Gasteiger partial charge in [0.2, 0.25) is 0 Å². The first-order valence-electron chi connectivity index (χ1n) is 9.20. The average Bonchev–Trinajstić information content (AvgIpc) is 2.58. The average molecular weight is 360 g/mol. The second-order valence-corrected chi connectivity index (χ2v) is 6.47. The first kappa shape index (κ1) is 22.0. The van der Waals surface area contributed by atoms with Crippen LogP contribution in [0.15, 0.2) is 12.1 Å². The van der Waals surface area contributed by atoms with Crippen LogP contribution in [-0.2, 0) is 9.47 Å². The largest absolute Gasteiger partial charge is 0.353 e. The number of benzene rings is 1. The molecule has 1 rings (SSSR count). The van der Waals surface area contributed by atoms with Gasteiger partial charge in [-0.3, -0.25) is 0 Å². The minimum atomic E-state index is -1.14. The summed E-state index contributed by atoms with van der Waals surface area (Å²) in [6.45, 7) is 4.00. The number of unbranched alkanes of at least 4 members (excludes halogenated alkanes) is 5. The van der Waals surface area contributed by atoms with Crippen LogP contribution in [0.3, 0.4) is 0 Å². The van der Waals surface area contributed by atoms with E-state index in [0.717, 1.165) is 37.8 Å². The molecule has 0 aliphatic rings. The Bertz CT molecular complexity index is 484. The fraction of sp³-hybridized carbons (Fsp3) is 0.700. The van der Waals surface area contributed by atoms with Crippen molar-refractivity contribution in [2.75, 3.05) is 14.2 Å². The van der Waals surface area contributed by atoms with Crippen molar-refractivity contribution < 1.29 is 22.6 Å². The molecule has 144 valence electrons. The van der Waals surface area contributed by atoms with E-state index in [2.05, 4.69) is 6.92 Å². The van der Waals surface area contributed by atoms with Gasteiger partial charge in [-0.1, -0.05) is 52.4 Å². The smallest absolute Gasteiger partial charge is 0.174 e. The third-order valence-corrected chi connectivity index (χ3v) is 4.95. The van der Waals surface area contributed by atoms with Gasteiger partial charge in [-0.2, -0.15) is 0 Å². The Morgan fingerprint density at radius 1 is 0.880 bits per heavy atom. The third-order valence-electron chi connectivity index (χ3n) is 4.95. The molecule has 0 aliphatic heterocycles. The number of ether oxygens (including phenoxy) is 2. The lowest BCUT2D eigenvalue weighted by Gasteiger charge is -2.38. The van der Waals surface area contributed by atoms with Gasteiger partial charge in [-0.15, -0.1) is 0 Å². The summed E-state index contributed by atoms with van der Waals surface area (Å²) in [5, 5.41) is 0. The molecule has 0 aromatic heterocycles. The molecule has 1 unspecified atom stereocenters. The van der Waals surface area contributed by atoms with E-state index < -0.39 is 29.2 Å². The molecule has 0 aliphatic carbocycles. The minimum absolute atomic E-state index is 0.152. The molecule has 0 saturated heterocycles. The summed E-state index contributed by atoms with van der Waals surface area (Å²) in [6, 6.07) is 1.44. The predicted molar refractivity (Wildman–Crippen MR) is 94.1 cm³/mol. The molecule has 0 amide bonds. The summed E-state index contributed by atoms with van der Waals surface area (Å²) in [7, 11) is 2.95. The van der Waals surface area contributed by atoms with Crippen molar-refractivity contribution >= 4 is 0 Å². The van der Waals surface area contributed by atoms with E-state index in [4.69, 9.17) is 9.47 Å². The van der Waals surface area contributed by atoms with Crippen LogP contribution in [0.1, 0.15) is 76.7 Å². The van der Waals surface area contributed by atoms with Crippen molar-refractivity contribution in [1.29, 1.82) is 0 Å². The number of hydrogen-bond donors (Lipinski definition) is 0. The Balaban J connectivity index is 3.04. The molecule has 0 saturated carbocycles. The van der Waals surface area contributed by atoms with Crippen LogP contribution >= 0.6 is 0 Å². The van der Waals surface area contributed by atoms with E-state index >= 15 is 0 Å². The van der Waals surface area contributed by atoms with Crippen molar-refractivity contribution in [2.24, 2.45) is 0 Å². The van der Waals surface area contributed by atoms with Crippen LogP contribution in [0.2, 0.25) is 0 Å². The standard InChI is InChI=1S/C20H31F3O2/c1-5-7-8-9-10-11-12-16(20(6-2,24-3)25-4)19-17(22)13-15(21)14-18(19)23/h13-14,16H,5-12H2,1-4H3. The molecule has 25 heavy (non-hydrogen) atoms. The molecule has 0 radical (unpaired) electrons. The van der Waals surface area contributed by atoms with Crippen LogP contribution < -0.4 is 0 Å². The van der Waals surface area contributed by atoms with Crippen LogP contribution in [-0.4, -0.2) is 20.0 Å². The van der Waals surface area contributed by atoms with Gasteiger partial charge in [0.05, 0.1) is 0 Å². The maximum atomic E-state index is 14.4. The van der Waals surface area contributed by atoms with Crippen molar-refractivity contribution in [1.82, 2.24) is 0 Å². The summed E-state index contributed by atoms with van der Waals surface area (Å²) in [4.78, 5) is 0. The van der Waals surface area contributed by atoms with Gasteiger partial charge in [-0.05, 0) is 12.8 Å². The lowest BCUT2D eigenvalue weighted by atomic mass is 9.83. The highest BCUT2D eigenvalue weighted by Gasteiger charge is 2.41. The van der Waals surface area contributed by atoms with E-state index in [-0.39, 0.29) is 5.56 Å². The summed E-state index contributed by atoms with van der Waals surface area (Å²) in [5.41, 5.74) is -0.152. The molecule has 1 aromatic carbocycles. The van der Waals surface area contributed by atoms with Gasteiger partial charge in [0.15, 0.2) is 5.79 Å². The van der Waals surface area contributed by atoms with E-state index in [0.29, 0.717) is 12.8 Å². The Kier molecular flexibility index (Phi) is 9.51. The normalized spacial score (nSPS) is 13.2. The topological polar surface area (TPSA) is 18.5 Å². The molecule has 1 aromatic rings. The van der Waals surface area contributed by atoms with Gasteiger partial charge in [0, 0.05) is 37.8 Å². The van der Waals surface area contributed by atoms with Gasteiger partial charge < -0.3 is 9.47 Å². The zero-order valence-corrected chi connectivity index (χ0v) is 15.8. The van der Waals surface area contributed by atoms with Crippen molar-refractivity contribution in [2.45, 2.75) is 76.9 Å². The maximum Gasteiger partial charge on any atom is 0.174 e. The van der Waals surface area contributed by atoms with Crippen molar-refractivity contribution in [3.8, 4) is 0 Å². The third kappa shape index (κ3) is 5.71. The van der Waals surface area contributed by atoms with Gasteiger partial charge in [-0.25, -0.2) is 13.2 Å². The number of rotatable bonds is 12. The highest BCUT2D eigenvalue weighted by molar-refractivity contribution is 5.27. The Hall–Kier alpha value is -1.07. The van der Waals surface area contributed by atoms with Crippen molar-refractivity contribution in [3.05, 3.63) is 35.1 Å². The number of halogens is 3. The lowest BCUT2D eigenvalue weighted by molar-refractivity contribution is -0.225. The van der Waals surface area contributed by atoms with Crippen LogP contribution in [0, 0.1) is 17.5 Å². The Labute approximate surface area is 149 Å². The summed E-state index contributed by atoms with van der Waals surface area (Å²) in [5.74, 6) is -4.47. The first-order chi connectivity index (χ1) is 12.0. The predicted octanol–water partition coefficient (Wildman–Crippen LogP) is 6.34. The fourth-order valence-electron chi connectivity index (χ4n) is 3.50. The Morgan fingerprint density at radius 3 is 1.88 bits per heavy atom. The molecule has 0 bridgehead atoms. The Morgan fingerprint density at radius 2 is 1.40 bits per heavy atom. The van der Waals surface area contributed by atoms with Gasteiger partial charge in [0.25, 0.3) is 0 Å². The summed E-state index contributed by atoms with van der Waals surface area (Å²) < 4.78 is 53.1. The molecule has 1 atom stereocenters. The van der Waals surface area contributed by atoms with E-state index in [1.54, 1.807) is 0 Å². The zero-order chi connectivity index (χ0) is 18.9. The lowest BCUT2D eigenvalue weighted by Crippen LogP contribution is -2.41. The second kappa shape index (κ2) is 10.8. The highest BCUT2D eigenvalue weighted by Crippen LogP contribution is 2.41. The molecule has 0 heterocycles. The van der Waals surface area contributed by atoms with E-state index in [1.165, 1.54) is 27.1 Å². The molecule has 0 spiro atoms. The van der Waals surface area contributed by atoms with Gasteiger partial charge in [0.1, 0.15) is 17.5 Å². The van der Waals surface area contributed by atoms with Crippen LogP contribution in [0.5, 0.6) is 0 Å². The molecular formula is C20H31F3O2. The fourth-order valence-corrected chi connectivity index (χ4v) is 3.50. The van der Waals surface area contributed by atoms with E-state index in [1.807, 2.05) is 6.92 Å². The monoisotopic (exact) mass is 360 g/mol. The minimum Gasteiger partial charge on any atom is -0.353 e. The maximum absolute atomic E-state index is 14.4. The molecule has 2 nitrogen and oxygen atoms in total. The summed E-state index contributed by atoms with van der Waals surface area (Å²) >= 11 is 0. The summed E-state index contributed by atoms with van der Waals surface area (Å²) in [6.07, 6.45) is 7.34. The molecular weight excluding hydrogens is 329 g/mol. The quantitative estimate of drug-likeness (QED) is 0.320. The van der Waals surface area contributed by atoms with Gasteiger partial charge >= 0.3 is 0 Å². The SMILES string of the molecule is CCCCCCCCC(c1c(F)cc(F)cc1F)C(CC)(OC)OC. The zero-order valence-electron chi connectivity index (χ0n) is 15.8. The molecule has 0 fully saturated rings. The highest BCUT2D eigenvalue weighted by atomic mass is 19.1. The van der Waals surface area contributed by atoms with E-state index in [9.17, 15) is 13.2 Å². The number of hydrogen-bond acceptors (Lipinski definition) is 2. The van der Waals surface area contributed by atoms with Crippen LogP contribution in [0.25, 0.3) is 0 Å².